The van der Waals surface area contributed by atoms with Crippen molar-refractivity contribution in [2.75, 3.05) is 11.9 Å². The van der Waals surface area contributed by atoms with Gasteiger partial charge in [-0.1, -0.05) is 13.0 Å². The van der Waals surface area contributed by atoms with Gasteiger partial charge in [-0.05, 0) is 44.0 Å². The predicted molar refractivity (Wildman–Crippen MR) is 68.7 cm³/mol. The van der Waals surface area contributed by atoms with E-state index in [0.29, 0.717) is 6.54 Å². The Labute approximate surface area is 106 Å². The second kappa shape index (κ2) is 5.63. The normalized spacial score (nSPS) is 12.3. The first-order valence-corrected chi connectivity index (χ1v) is 6.09. The molecule has 15 heavy (non-hydrogen) atoms. The Hall–Kier alpha value is -0.390. The van der Waals surface area contributed by atoms with Gasteiger partial charge in [0.1, 0.15) is 0 Å². The van der Waals surface area contributed by atoms with Crippen LogP contribution in [-0.2, 0) is 4.79 Å². The summed E-state index contributed by atoms with van der Waals surface area (Å²) in [5.74, 6) is -0.269. The number of anilines is 1. The van der Waals surface area contributed by atoms with Crippen LogP contribution in [0.15, 0.2) is 27.1 Å². The second-order valence-corrected chi connectivity index (χ2v) is 4.93. The Morgan fingerprint density at radius 2 is 2.00 bits per heavy atom. The topological polar surface area (TPSA) is 55.1 Å². The highest BCUT2D eigenvalue weighted by Gasteiger charge is 2.13. The summed E-state index contributed by atoms with van der Waals surface area (Å²) in [6, 6.07) is 5.62. The van der Waals surface area contributed by atoms with Gasteiger partial charge >= 0.3 is 0 Å². The van der Waals surface area contributed by atoms with Crippen molar-refractivity contribution in [2.45, 2.75) is 6.92 Å². The zero-order chi connectivity index (χ0) is 11.4. The SMILES string of the molecule is CC(CN)C(=O)Nc1c(Br)cccc1Br. The van der Waals surface area contributed by atoms with Gasteiger partial charge in [-0.2, -0.15) is 0 Å². The number of carbonyl (C=O) groups excluding carboxylic acids is 1. The highest BCUT2D eigenvalue weighted by atomic mass is 79.9. The minimum Gasteiger partial charge on any atom is -0.330 e. The van der Waals surface area contributed by atoms with Crippen LogP contribution in [0.25, 0.3) is 0 Å². The molecule has 3 N–H and O–H groups in total. The molecule has 82 valence electrons. The fourth-order valence-corrected chi connectivity index (χ4v) is 2.17. The molecule has 0 saturated carbocycles. The maximum Gasteiger partial charge on any atom is 0.228 e. The van der Waals surface area contributed by atoms with Crippen molar-refractivity contribution in [2.24, 2.45) is 11.7 Å². The lowest BCUT2D eigenvalue weighted by Gasteiger charge is -2.12. The molecule has 0 aliphatic rings. The Kier molecular flexibility index (Phi) is 4.76. The Morgan fingerprint density at radius 3 is 2.47 bits per heavy atom. The summed E-state index contributed by atoms with van der Waals surface area (Å²) < 4.78 is 1.68. The minimum atomic E-state index is -0.191. The van der Waals surface area contributed by atoms with Crippen LogP contribution in [0, 0.1) is 5.92 Å². The number of halogens is 2. The number of para-hydroxylation sites is 1. The van der Waals surface area contributed by atoms with Crippen LogP contribution in [0.1, 0.15) is 6.92 Å². The largest absolute Gasteiger partial charge is 0.330 e. The summed E-state index contributed by atoms with van der Waals surface area (Å²) >= 11 is 6.74. The van der Waals surface area contributed by atoms with Gasteiger partial charge in [0.2, 0.25) is 5.91 Å². The standard InChI is InChI=1S/C10H12Br2N2O/c1-6(5-13)10(15)14-9-7(11)3-2-4-8(9)12/h2-4,6H,5,13H2,1H3,(H,14,15). The lowest BCUT2D eigenvalue weighted by Crippen LogP contribution is -2.26. The first-order chi connectivity index (χ1) is 7.06. The zero-order valence-electron chi connectivity index (χ0n) is 8.26. The average Bonchev–Trinajstić information content (AvgIpc) is 2.22. The van der Waals surface area contributed by atoms with Crippen molar-refractivity contribution in [1.82, 2.24) is 0 Å². The number of carbonyl (C=O) groups is 1. The van der Waals surface area contributed by atoms with Gasteiger partial charge in [-0.25, -0.2) is 0 Å². The summed E-state index contributed by atoms with van der Waals surface area (Å²) in [5, 5.41) is 2.82. The first kappa shape index (κ1) is 12.7. The number of nitrogens with two attached hydrogens (primary N) is 1. The van der Waals surface area contributed by atoms with Crippen molar-refractivity contribution in [3.05, 3.63) is 27.1 Å². The molecule has 0 radical (unpaired) electrons. The third-order valence-electron chi connectivity index (χ3n) is 2.01. The van der Waals surface area contributed by atoms with Gasteiger partial charge in [0.25, 0.3) is 0 Å². The maximum absolute atomic E-state index is 11.6. The number of benzene rings is 1. The quantitative estimate of drug-likeness (QED) is 0.892. The van der Waals surface area contributed by atoms with E-state index in [1.54, 1.807) is 6.92 Å². The molecule has 5 heteroatoms. The van der Waals surface area contributed by atoms with E-state index in [1.165, 1.54) is 0 Å². The summed E-state index contributed by atoms with van der Waals surface area (Å²) in [7, 11) is 0. The van der Waals surface area contributed by atoms with Crippen LogP contribution >= 0.6 is 31.9 Å². The molecule has 0 fully saturated rings. The third kappa shape index (κ3) is 3.29. The van der Waals surface area contributed by atoms with Crippen molar-refractivity contribution >= 4 is 43.5 Å². The van der Waals surface area contributed by atoms with Crippen molar-refractivity contribution in [3.8, 4) is 0 Å². The lowest BCUT2D eigenvalue weighted by molar-refractivity contribution is -0.119. The Bertz CT molecular complexity index is 348. The van der Waals surface area contributed by atoms with E-state index in [9.17, 15) is 4.79 Å². The fraction of sp³-hybridized carbons (Fsp3) is 0.300. The number of nitrogens with one attached hydrogen (secondary N) is 1. The van der Waals surface area contributed by atoms with Crippen LogP contribution in [0.4, 0.5) is 5.69 Å². The highest BCUT2D eigenvalue weighted by Crippen LogP contribution is 2.30. The molecule has 1 aromatic rings. The van der Waals surface area contributed by atoms with Crippen molar-refractivity contribution < 1.29 is 4.79 Å². The van der Waals surface area contributed by atoms with Crippen LogP contribution < -0.4 is 11.1 Å². The predicted octanol–water partition coefficient (Wildman–Crippen LogP) is 2.74. The molecule has 1 aromatic carbocycles. The van der Waals surface area contributed by atoms with E-state index in [-0.39, 0.29) is 11.8 Å². The van der Waals surface area contributed by atoms with Crippen LogP contribution in [0.2, 0.25) is 0 Å². The fourth-order valence-electron chi connectivity index (χ4n) is 0.971. The van der Waals surface area contributed by atoms with Gasteiger partial charge in [0.05, 0.1) is 5.69 Å². The van der Waals surface area contributed by atoms with E-state index < -0.39 is 0 Å². The molecule has 1 atom stereocenters. The van der Waals surface area contributed by atoms with Gasteiger partial charge in [-0.3, -0.25) is 4.79 Å². The Balaban J connectivity index is 2.85. The van der Waals surface area contributed by atoms with E-state index in [0.717, 1.165) is 14.6 Å². The highest BCUT2D eigenvalue weighted by molar-refractivity contribution is 9.11. The van der Waals surface area contributed by atoms with Gasteiger partial charge in [0.15, 0.2) is 0 Å². The number of amides is 1. The molecule has 0 bridgehead atoms. The zero-order valence-corrected chi connectivity index (χ0v) is 11.4. The molecule has 0 saturated heterocycles. The molecule has 1 amide bonds. The summed E-state index contributed by atoms with van der Waals surface area (Å²) in [5.41, 5.74) is 6.16. The number of hydrogen-bond donors (Lipinski definition) is 2. The van der Waals surface area contributed by atoms with Gasteiger partial charge in [0, 0.05) is 21.4 Å². The Morgan fingerprint density at radius 1 is 1.47 bits per heavy atom. The summed E-state index contributed by atoms with van der Waals surface area (Å²) in [4.78, 5) is 11.6. The molecule has 0 spiro atoms. The molecule has 0 aromatic heterocycles. The van der Waals surface area contributed by atoms with E-state index in [1.807, 2.05) is 18.2 Å². The van der Waals surface area contributed by atoms with Crippen LogP contribution in [0.3, 0.4) is 0 Å². The molecule has 1 rings (SSSR count). The third-order valence-corrected chi connectivity index (χ3v) is 3.33. The second-order valence-electron chi connectivity index (χ2n) is 3.22. The molecular formula is C10H12Br2N2O. The molecule has 0 heterocycles. The van der Waals surface area contributed by atoms with E-state index >= 15 is 0 Å². The average molecular weight is 336 g/mol. The van der Waals surface area contributed by atoms with E-state index in [4.69, 9.17) is 5.73 Å². The van der Waals surface area contributed by atoms with Crippen LogP contribution in [0.5, 0.6) is 0 Å². The van der Waals surface area contributed by atoms with Crippen molar-refractivity contribution in [1.29, 1.82) is 0 Å². The molecule has 1 unspecified atom stereocenters. The lowest BCUT2D eigenvalue weighted by atomic mass is 10.1. The van der Waals surface area contributed by atoms with Crippen LogP contribution in [-0.4, -0.2) is 12.5 Å². The molecule has 3 nitrogen and oxygen atoms in total. The number of rotatable bonds is 3. The van der Waals surface area contributed by atoms with Gasteiger partial charge in [-0.15, -0.1) is 0 Å². The number of hydrogen-bond acceptors (Lipinski definition) is 2. The molecule has 0 aliphatic heterocycles. The monoisotopic (exact) mass is 334 g/mol. The van der Waals surface area contributed by atoms with Crippen molar-refractivity contribution in [3.63, 3.8) is 0 Å². The summed E-state index contributed by atoms with van der Waals surface area (Å²) in [6.07, 6.45) is 0. The minimum absolute atomic E-state index is 0.0786. The molecule has 0 aliphatic carbocycles. The first-order valence-electron chi connectivity index (χ1n) is 4.51. The maximum atomic E-state index is 11.6. The van der Waals surface area contributed by atoms with E-state index in [2.05, 4.69) is 37.2 Å². The summed E-state index contributed by atoms with van der Waals surface area (Å²) in [6.45, 7) is 2.13. The smallest absolute Gasteiger partial charge is 0.228 e. The van der Waals surface area contributed by atoms with Gasteiger partial charge < -0.3 is 11.1 Å². The molecular weight excluding hydrogens is 324 g/mol.